The SMILES string of the molecule is CCOC(=O)C1=C(c2ccc(C)cc2)OC(N)=C(C#N)C1c1ccccc1. The molecular weight excluding hydrogens is 340 g/mol. The van der Waals surface area contributed by atoms with Crippen molar-refractivity contribution in [2.75, 3.05) is 6.61 Å². The molecule has 2 N–H and O–H groups in total. The summed E-state index contributed by atoms with van der Waals surface area (Å²) in [5.74, 6) is -0.865. The number of benzene rings is 2. The first kappa shape index (κ1) is 18.3. The summed E-state index contributed by atoms with van der Waals surface area (Å²) in [6.45, 7) is 3.92. The largest absolute Gasteiger partial charge is 0.463 e. The number of carbonyl (C=O) groups excluding carboxylic acids is 1. The molecule has 2 aromatic rings. The Bertz CT molecular complexity index is 951. The van der Waals surface area contributed by atoms with Gasteiger partial charge in [-0.25, -0.2) is 4.79 Å². The van der Waals surface area contributed by atoms with Crippen molar-refractivity contribution in [2.24, 2.45) is 5.73 Å². The highest BCUT2D eigenvalue weighted by molar-refractivity contribution is 5.99. The van der Waals surface area contributed by atoms with E-state index in [1.807, 2.05) is 61.5 Å². The zero-order valence-corrected chi connectivity index (χ0v) is 15.2. The van der Waals surface area contributed by atoms with Crippen molar-refractivity contribution in [3.63, 3.8) is 0 Å². The Morgan fingerprint density at radius 3 is 2.44 bits per heavy atom. The van der Waals surface area contributed by atoms with Gasteiger partial charge in [0.1, 0.15) is 17.4 Å². The minimum absolute atomic E-state index is 0.00465. The number of hydrogen-bond donors (Lipinski definition) is 1. The van der Waals surface area contributed by atoms with Gasteiger partial charge < -0.3 is 15.2 Å². The molecule has 0 aliphatic carbocycles. The van der Waals surface area contributed by atoms with Gasteiger partial charge in [0.05, 0.1) is 18.1 Å². The van der Waals surface area contributed by atoms with Crippen LogP contribution in [0.4, 0.5) is 0 Å². The fourth-order valence-corrected chi connectivity index (χ4v) is 3.07. The summed E-state index contributed by atoms with van der Waals surface area (Å²) in [7, 11) is 0. The van der Waals surface area contributed by atoms with Crippen LogP contribution in [0.15, 0.2) is 71.6 Å². The van der Waals surface area contributed by atoms with Gasteiger partial charge in [-0.1, -0.05) is 60.2 Å². The van der Waals surface area contributed by atoms with Crippen molar-refractivity contribution in [1.82, 2.24) is 0 Å². The van der Waals surface area contributed by atoms with Crippen LogP contribution in [-0.2, 0) is 14.3 Å². The zero-order valence-electron chi connectivity index (χ0n) is 15.2. The second kappa shape index (κ2) is 7.79. The third kappa shape index (κ3) is 3.56. The lowest BCUT2D eigenvalue weighted by molar-refractivity contribution is -0.138. The predicted molar refractivity (Wildman–Crippen MR) is 102 cm³/mol. The van der Waals surface area contributed by atoms with E-state index >= 15 is 0 Å². The summed E-state index contributed by atoms with van der Waals surface area (Å²) in [4.78, 5) is 12.9. The van der Waals surface area contributed by atoms with Crippen LogP contribution in [0.1, 0.15) is 29.5 Å². The van der Waals surface area contributed by atoms with Crippen molar-refractivity contribution in [3.05, 3.63) is 88.3 Å². The van der Waals surface area contributed by atoms with Gasteiger partial charge in [-0.2, -0.15) is 5.26 Å². The van der Waals surface area contributed by atoms with Crippen LogP contribution >= 0.6 is 0 Å². The first-order valence-electron chi connectivity index (χ1n) is 8.67. The smallest absolute Gasteiger partial charge is 0.338 e. The number of esters is 1. The summed E-state index contributed by atoms with van der Waals surface area (Å²) in [5.41, 5.74) is 9.08. The van der Waals surface area contributed by atoms with Gasteiger partial charge in [0.2, 0.25) is 5.88 Å². The van der Waals surface area contributed by atoms with Crippen LogP contribution in [-0.4, -0.2) is 12.6 Å². The third-order valence-corrected chi connectivity index (χ3v) is 4.36. The molecule has 0 amide bonds. The first-order valence-corrected chi connectivity index (χ1v) is 8.67. The van der Waals surface area contributed by atoms with Crippen LogP contribution in [0.25, 0.3) is 5.76 Å². The topological polar surface area (TPSA) is 85.3 Å². The van der Waals surface area contributed by atoms with Crippen molar-refractivity contribution < 1.29 is 14.3 Å². The predicted octanol–water partition coefficient (Wildman–Crippen LogP) is 3.78. The fourth-order valence-electron chi connectivity index (χ4n) is 3.07. The monoisotopic (exact) mass is 360 g/mol. The van der Waals surface area contributed by atoms with E-state index in [0.717, 1.165) is 11.1 Å². The molecule has 27 heavy (non-hydrogen) atoms. The molecule has 2 aromatic carbocycles. The maximum atomic E-state index is 12.9. The maximum absolute atomic E-state index is 12.9. The lowest BCUT2D eigenvalue weighted by Gasteiger charge is -2.28. The maximum Gasteiger partial charge on any atom is 0.338 e. The highest BCUT2D eigenvalue weighted by Gasteiger charge is 2.38. The van der Waals surface area contributed by atoms with Crippen molar-refractivity contribution in [2.45, 2.75) is 19.8 Å². The molecule has 0 aromatic heterocycles. The Balaban J connectivity index is 2.26. The average molecular weight is 360 g/mol. The van der Waals surface area contributed by atoms with Crippen molar-refractivity contribution in [1.29, 1.82) is 5.26 Å². The van der Waals surface area contributed by atoms with Crippen LogP contribution in [0.2, 0.25) is 0 Å². The van der Waals surface area contributed by atoms with Gasteiger partial charge in [0, 0.05) is 5.56 Å². The molecular formula is C22H20N2O3. The number of hydrogen-bond acceptors (Lipinski definition) is 5. The number of aryl methyl sites for hydroxylation is 1. The normalized spacial score (nSPS) is 16.6. The number of nitriles is 1. The fraction of sp³-hybridized carbons (Fsp3) is 0.182. The van der Waals surface area contributed by atoms with E-state index in [2.05, 4.69) is 6.07 Å². The molecule has 0 fully saturated rings. The Morgan fingerprint density at radius 1 is 1.19 bits per heavy atom. The van der Waals surface area contributed by atoms with Crippen molar-refractivity contribution in [3.8, 4) is 6.07 Å². The molecule has 0 spiro atoms. The van der Waals surface area contributed by atoms with Gasteiger partial charge in [-0.3, -0.25) is 0 Å². The summed E-state index contributed by atoms with van der Waals surface area (Å²) in [6, 6.07) is 18.9. The zero-order chi connectivity index (χ0) is 19.4. The molecule has 0 bridgehead atoms. The summed E-state index contributed by atoms with van der Waals surface area (Å²) >= 11 is 0. The molecule has 0 radical (unpaired) electrons. The molecule has 0 saturated heterocycles. The van der Waals surface area contributed by atoms with E-state index in [-0.39, 0.29) is 23.6 Å². The summed E-state index contributed by atoms with van der Waals surface area (Å²) in [6.07, 6.45) is 0. The van der Waals surface area contributed by atoms with Gasteiger partial charge in [0.25, 0.3) is 0 Å². The standard InChI is InChI=1S/C22H20N2O3/c1-3-26-22(25)19-18(15-7-5-4-6-8-15)17(13-23)21(24)27-20(19)16-11-9-14(2)10-12-16/h4-12,18H,3,24H2,1-2H3. The summed E-state index contributed by atoms with van der Waals surface area (Å²) < 4.78 is 11.0. The van der Waals surface area contributed by atoms with Crippen molar-refractivity contribution >= 4 is 11.7 Å². The van der Waals surface area contributed by atoms with E-state index in [1.165, 1.54) is 0 Å². The molecule has 5 nitrogen and oxygen atoms in total. The molecule has 1 atom stereocenters. The van der Waals surface area contributed by atoms with Crippen LogP contribution < -0.4 is 5.73 Å². The molecule has 5 heteroatoms. The number of rotatable bonds is 4. The minimum Gasteiger partial charge on any atom is -0.463 e. The number of carbonyl (C=O) groups is 1. The molecule has 136 valence electrons. The molecule has 1 aliphatic heterocycles. The third-order valence-electron chi connectivity index (χ3n) is 4.36. The van der Waals surface area contributed by atoms with Crippen LogP contribution in [0, 0.1) is 18.3 Å². The minimum atomic E-state index is -0.652. The highest BCUT2D eigenvalue weighted by atomic mass is 16.5. The first-order chi connectivity index (χ1) is 13.1. The number of nitrogens with two attached hydrogens (primary N) is 1. The van der Waals surface area contributed by atoms with E-state index in [1.54, 1.807) is 6.92 Å². The van der Waals surface area contributed by atoms with E-state index in [9.17, 15) is 10.1 Å². The molecule has 1 aliphatic rings. The number of ether oxygens (including phenoxy) is 2. The van der Waals surface area contributed by atoms with Crippen LogP contribution in [0.5, 0.6) is 0 Å². The second-order valence-corrected chi connectivity index (χ2v) is 6.16. The van der Waals surface area contributed by atoms with Gasteiger partial charge >= 0.3 is 5.97 Å². The number of allylic oxidation sites excluding steroid dienone is 1. The molecule has 1 unspecified atom stereocenters. The highest BCUT2D eigenvalue weighted by Crippen LogP contribution is 2.42. The Morgan fingerprint density at radius 2 is 1.85 bits per heavy atom. The molecule has 1 heterocycles. The Labute approximate surface area is 158 Å². The molecule has 3 rings (SSSR count). The lowest BCUT2D eigenvalue weighted by Crippen LogP contribution is -2.25. The van der Waals surface area contributed by atoms with E-state index < -0.39 is 11.9 Å². The second-order valence-electron chi connectivity index (χ2n) is 6.16. The molecule has 0 saturated carbocycles. The quantitative estimate of drug-likeness (QED) is 0.839. The van der Waals surface area contributed by atoms with Gasteiger partial charge in [0.15, 0.2) is 0 Å². The average Bonchev–Trinajstić information content (AvgIpc) is 2.68. The van der Waals surface area contributed by atoms with E-state index in [4.69, 9.17) is 15.2 Å². The number of nitrogens with zero attached hydrogens (tertiary/aromatic N) is 1. The Hall–Kier alpha value is -3.52. The van der Waals surface area contributed by atoms with Gasteiger partial charge in [-0.15, -0.1) is 0 Å². The summed E-state index contributed by atoms with van der Waals surface area (Å²) in [5, 5.41) is 9.67. The lowest BCUT2D eigenvalue weighted by atomic mass is 9.82. The van der Waals surface area contributed by atoms with Crippen LogP contribution in [0.3, 0.4) is 0 Å². The van der Waals surface area contributed by atoms with E-state index in [0.29, 0.717) is 11.3 Å². The Kier molecular flexibility index (Phi) is 5.28. The van der Waals surface area contributed by atoms with Gasteiger partial charge in [-0.05, 0) is 19.4 Å².